The fourth-order valence-corrected chi connectivity index (χ4v) is 3.63. The fourth-order valence-electron chi connectivity index (χ4n) is 2.66. The average Bonchev–Trinajstić information content (AvgIpc) is 3.22. The number of benzene rings is 2. The fraction of sp³-hybridized carbons (Fsp3) is 0.105. The number of imide groups is 1. The largest absolute Gasteiger partial charge is 0.454 e. The second kappa shape index (κ2) is 7.09. The summed E-state index contributed by atoms with van der Waals surface area (Å²) in [5.74, 6) is 0.387. The summed E-state index contributed by atoms with van der Waals surface area (Å²) in [5.41, 5.74) is 1.09. The molecule has 0 radical (unpaired) electrons. The van der Waals surface area contributed by atoms with Crippen molar-refractivity contribution in [3.63, 3.8) is 0 Å². The Bertz CT molecular complexity index is 986. The molecule has 1 saturated heterocycles. The Labute approximate surface area is 163 Å². The zero-order chi connectivity index (χ0) is 19.0. The Morgan fingerprint density at radius 3 is 2.63 bits per heavy atom. The predicted octanol–water partition coefficient (Wildman–Crippen LogP) is 3.99. The van der Waals surface area contributed by atoms with E-state index in [2.05, 4.69) is 0 Å². The van der Waals surface area contributed by atoms with Crippen molar-refractivity contribution in [2.75, 3.05) is 13.3 Å². The first-order valence-corrected chi connectivity index (χ1v) is 9.14. The van der Waals surface area contributed by atoms with E-state index in [9.17, 15) is 14.4 Å². The predicted molar refractivity (Wildman–Crippen MR) is 101 cm³/mol. The number of hydrogen-bond acceptors (Lipinski definition) is 6. The lowest BCUT2D eigenvalue weighted by atomic mass is 10.1. The SMILES string of the molecule is O=C(CN1C(=O)S/C(=C\c2ccc3c(c2)OCO3)C1=O)c1ccc(Cl)cc1. The summed E-state index contributed by atoms with van der Waals surface area (Å²) in [6, 6.07) is 11.5. The monoisotopic (exact) mass is 401 g/mol. The van der Waals surface area contributed by atoms with Crippen LogP contribution in [-0.4, -0.2) is 35.2 Å². The maximum absolute atomic E-state index is 12.6. The summed E-state index contributed by atoms with van der Waals surface area (Å²) in [5, 5.41) is 0.0266. The molecule has 0 unspecified atom stereocenters. The van der Waals surface area contributed by atoms with Gasteiger partial charge >= 0.3 is 0 Å². The molecule has 27 heavy (non-hydrogen) atoms. The van der Waals surface area contributed by atoms with Crippen molar-refractivity contribution in [3.8, 4) is 11.5 Å². The molecule has 8 heteroatoms. The molecule has 0 N–H and O–H groups in total. The first-order chi connectivity index (χ1) is 13.0. The van der Waals surface area contributed by atoms with Crippen LogP contribution in [0.1, 0.15) is 15.9 Å². The van der Waals surface area contributed by atoms with Gasteiger partial charge in [0.05, 0.1) is 11.4 Å². The lowest BCUT2D eigenvalue weighted by Crippen LogP contribution is -2.33. The molecule has 1 fully saturated rings. The van der Waals surface area contributed by atoms with Gasteiger partial charge in [0.25, 0.3) is 11.1 Å². The van der Waals surface area contributed by atoms with Crippen molar-refractivity contribution in [1.29, 1.82) is 0 Å². The van der Waals surface area contributed by atoms with E-state index < -0.39 is 11.1 Å². The number of ketones is 1. The molecule has 0 aliphatic carbocycles. The third kappa shape index (κ3) is 3.56. The lowest BCUT2D eigenvalue weighted by molar-refractivity contribution is -0.122. The van der Waals surface area contributed by atoms with Gasteiger partial charge in [-0.25, -0.2) is 0 Å². The number of nitrogens with zero attached hydrogens (tertiary/aromatic N) is 1. The van der Waals surface area contributed by atoms with Gasteiger partial charge < -0.3 is 9.47 Å². The molecule has 2 heterocycles. The van der Waals surface area contributed by atoms with Gasteiger partial charge in [0.2, 0.25) is 6.79 Å². The first-order valence-electron chi connectivity index (χ1n) is 7.95. The second-order valence-electron chi connectivity index (χ2n) is 5.81. The average molecular weight is 402 g/mol. The zero-order valence-electron chi connectivity index (χ0n) is 13.8. The molecule has 2 amide bonds. The van der Waals surface area contributed by atoms with Gasteiger partial charge in [0.1, 0.15) is 0 Å². The van der Waals surface area contributed by atoms with E-state index in [0.29, 0.717) is 27.6 Å². The van der Waals surface area contributed by atoms with Crippen LogP contribution < -0.4 is 9.47 Å². The van der Waals surface area contributed by atoms with Crippen LogP contribution in [-0.2, 0) is 4.79 Å². The second-order valence-corrected chi connectivity index (χ2v) is 7.24. The standard InChI is InChI=1S/C19H12ClNO5S/c20-13-4-2-12(3-5-13)14(22)9-21-18(23)17(27-19(21)24)8-11-1-6-15-16(7-11)26-10-25-15/h1-8H,9-10H2/b17-8-. The molecule has 6 nitrogen and oxygen atoms in total. The minimum Gasteiger partial charge on any atom is -0.454 e. The van der Waals surface area contributed by atoms with Crippen molar-refractivity contribution in [3.05, 3.63) is 63.5 Å². The number of rotatable bonds is 4. The van der Waals surface area contributed by atoms with Gasteiger partial charge in [0.15, 0.2) is 17.3 Å². The van der Waals surface area contributed by atoms with E-state index in [1.54, 1.807) is 48.5 Å². The van der Waals surface area contributed by atoms with Crippen LogP contribution in [0.2, 0.25) is 5.02 Å². The molecule has 0 aromatic heterocycles. The molecule has 0 spiro atoms. The smallest absolute Gasteiger partial charge is 0.293 e. The summed E-state index contributed by atoms with van der Waals surface area (Å²) >= 11 is 6.61. The molecular formula is C19H12ClNO5S. The highest BCUT2D eigenvalue weighted by atomic mass is 35.5. The third-order valence-electron chi connectivity index (χ3n) is 4.04. The maximum Gasteiger partial charge on any atom is 0.293 e. The zero-order valence-corrected chi connectivity index (χ0v) is 15.4. The number of Topliss-reactive ketones (excluding diaryl/α,β-unsaturated/α-hetero) is 1. The van der Waals surface area contributed by atoms with Crippen LogP contribution >= 0.6 is 23.4 Å². The lowest BCUT2D eigenvalue weighted by Gasteiger charge is -2.11. The van der Waals surface area contributed by atoms with Gasteiger partial charge in [-0.05, 0) is 59.8 Å². The van der Waals surface area contributed by atoms with Crippen LogP contribution in [0.4, 0.5) is 4.79 Å². The number of amides is 2. The minimum absolute atomic E-state index is 0.155. The van der Waals surface area contributed by atoms with Crippen LogP contribution in [0.15, 0.2) is 47.4 Å². The maximum atomic E-state index is 12.6. The molecule has 2 aliphatic heterocycles. The molecular weight excluding hydrogens is 390 g/mol. The molecule has 136 valence electrons. The van der Waals surface area contributed by atoms with Crippen LogP contribution in [0.25, 0.3) is 6.08 Å². The minimum atomic E-state index is -0.495. The van der Waals surface area contributed by atoms with Crippen molar-refractivity contribution in [2.45, 2.75) is 0 Å². The van der Waals surface area contributed by atoms with Crippen molar-refractivity contribution >= 4 is 46.4 Å². The summed E-state index contributed by atoms with van der Waals surface area (Å²) in [6.45, 7) is -0.160. The highest BCUT2D eigenvalue weighted by molar-refractivity contribution is 8.18. The van der Waals surface area contributed by atoms with Gasteiger partial charge in [-0.2, -0.15) is 0 Å². The number of thioether (sulfide) groups is 1. The Morgan fingerprint density at radius 2 is 1.85 bits per heavy atom. The van der Waals surface area contributed by atoms with Crippen molar-refractivity contribution < 1.29 is 23.9 Å². The highest BCUT2D eigenvalue weighted by Gasteiger charge is 2.36. The van der Waals surface area contributed by atoms with Gasteiger partial charge in [-0.1, -0.05) is 17.7 Å². The molecule has 2 aliphatic rings. The number of carbonyl (C=O) groups excluding carboxylic acids is 3. The Balaban J connectivity index is 1.51. The van der Waals surface area contributed by atoms with Crippen LogP contribution in [0.5, 0.6) is 11.5 Å². The van der Waals surface area contributed by atoms with Gasteiger partial charge in [-0.3, -0.25) is 19.3 Å². The topological polar surface area (TPSA) is 72.9 Å². The third-order valence-corrected chi connectivity index (χ3v) is 5.20. The van der Waals surface area contributed by atoms with Gasteiger partial charge in [-0.15, -0.1) is 0 Å². The van der Waals surface area contributed by atoms with Crippen LogP contribution in [0.3, 0.4) is 0 Å². The Morgan fingerprint density at radius 1 is 1.11 bits per heavy atom. The van der Waals surface area contributed by atoms with Crippen molar-refractivity contribution in [1.82, 2.24) is 4.90 Å². The molecule has 4 rings (SSSR count). The molecule has 0 bridgehead atoms. The normalized spacial score (nSPS) is 17.1. The summed E-state index contributed by atoms with van der Waals surface area (Å²) in [6.07, 6.45) is 1.60. The Hall–Kier alpha value is -2.77. The number of fused-ring (bicyclic) bond motifs is 1. The van der Waals surface area contributed by atoms with Gasteiger partial charge in [0, 0.05) is 10.6 Å². The van der Waals surface area contributed by atoms with E-state index in [1.807, 2.05) is 0 Å². The molecule has 0 saturated carbocycles. The van der Waals surface area contributed by atoms with Crippen molar-refractivity contribution in [2.24, 2.45) is 0 Å². The van der Waals surface area contributed by atoms with E-state index in [-0.39, 0.29) is 24.0 Å². The molecule has 0 atom stereocenters. The molecule has 2 aromatic carbocycles. The van der Waals surface area contributed by atoms with E-state index >= 15 is 0 Å². The summed E-state index contributed by atoms with van der Waals surface area (Å²) in [4.78, 5) is 38.3. The van der Waals surface area contributed by atoms with E-state index in [4.69, 9.17) is 21.1 Å². The summed E-state index contributed by atoms with van der Waals surface area (Å²) in [7, 11) is 0. The number of ether oxygens (including phenoxy) is 2. The van der Waals surface area contributed by atoms with E-state index in [1.165, 1.54) is 0 Å². The summed E-state index contributed by atoms with van der Waals surface area (Å²) < 4.78 is 10.6. The van der Waals surface area contributed by atoms with E-state index in [0.717, 1.165) is 16.7 Å². The Kier molecular flexibility index (Phi) is 4.63. The first kappa shape index (κ1) is 17.6. The quantitative estimate of drug-likeness (QED) is 0.569. The number of carbonyl (C=O) groups is 3. The van der Waals surface area contributed by atoms with Crippen LogP contribution in [0, 0.1) is 0 Å². The number of hydrogen-bond donors (Lipinski definition) is 0. The molecule has 2 aromatic rings. The number of halogens is 1. The highest BCUT2D eigenvalue weighted by Crippen LogP contribution is 2.36.